The third-order valence-electron chi connectivity index (χ3n) is 2.26. The summed E-state index contributed by atoms with van der Waals surface area (Å²) < 4.78 is -0.0450. The Morgan fingerprint density at radius 1 is 1.44 bits per heavy atom. The first-order valence-electron chi connectivity index (χ1n) is 4.62. The van der Waals surface area contributed by atoms with E-state index >= 15 is 0 Å². The van der Waals surface area contributed by atoms with E-state index in [0.29, 0.717) is 5.02 Å². The summed E-state index contributed by atoms with van der Waals surface area (Å²) in [6.07, 6.45) is 0. The number of anilines is 1. The van der Waals surface area contributed by atoms with Crippen LogP contribution in [0.4, 0.5) is 5.00 Å². The maximum atomic E-state index is 11.3. The maximum absolute atomic E-state index is 11.3. The summed E-state index contributed by atoms with van der Waals surface area (Å²) in [5, 5.41) is 3.30. The van der Waals surface area contributed by atoms with Crippen LogP contribution in [0.5, 0.6) is 0 Å². The zero-order valence-electron chi connectivity index (χ0n) is 8.82. The first-order valence-corrected chi connectivity index (χ1v) is 8.03. The van der Waals surface area contributed by atoms with Gasteiger partial charge in [-0.1, -0.05) is 21.9 Å². The van der Waals surface area contributed by atoms with E-state index in [1.807, 2.05) is 11.9 Å². The molecule has 0 spiro atoms. The number of halogens is 1. The van der Waals surface area contributed by atoms with Crippen molar-refractivity contribution in [2.75, 3.05) is 11.9 Å². The molecule has 86 valence electrons. The summed E-state index contributed by atoms with van der Waals surface area (Å²) in [7, 11) is 4.59. The molecule has 0 aliphatic carbocycles. The fraction of sp³-hybridized carbons (Fsp3) is 0.300. The van der Waals surface area contributed by atoms with Crippen LogP contribution in [-0.2, 0) is 6.54 Å². The lowest BCUT2D eigenvalue weighted by Gasteiger charge is -2.16. The molecule has 0 saturated carbocycles. The summed E-state index contributed by atoms with van der Waals surface area (Å²) in [6, 6.07) is 2.10. The predicted molar refractivity (Wildman–Crippen MR) is 74.6 cm³/mol. The summed E-state index contributed by atoms with van der Waals surface area (Å²) >= 11 is 7.68. The van der Waals surface area contributed by atoms with E-state index < -0.39 is 0 Å². The number of rotatable bonds is 3. The Morgan fingerprint density at radius 2 is 2.19 bits per heavy atom. The Morgan fingerprint density at radius 3 is 2.69 bits per heavy atom. The van der Waals surface area contributed by atoms with Gasteiger partial charge in [-0.2, -0.15) is 0 Å². The molecule has 0 atom stereocenters. The summed E-state index contributed by atoms with van der Waals surface area (Å²) in [4.78, 5) is 14.6. The molecular weight excluding hydrogens is 282 g/mol. The third kappa shape index (κ3) is 2.32. The number of hydrogen-bond donors (Lipinski definition) is 0. The predicted octanol–water partition coefficient (Wildman–Crippen LogP) is 3.83. The largest absolute Gasteiger partial charge is 0.359 e. The molecule has 0 amide bonds. The molecule has 0 aliphatic heterocycles. The Labute approximate surface area is 110 Å². The lowest BCUT2D eigenvalue weighted by Crippen LogP contribution is -2.15. The smallest absolute Gasteiger partial charge is 0.263 e. The average molecular weight is 292 g/mol. The zero-order valence-corrected chi connectivity index (χ0v) is 12.0. The molecule has 16 heavy (non-hydrogen) atoms. The lowest BCUT2D eigenvalue weighted by atomic mass is 10.3. The maximum Gasteiger partial charge on any atom is 0.263 e. The van der Waals surface area contributed by atoms with Crippen LogP contribution in [-0.4, -0.2) is 7.05 Å². The fourth-order valence-electron chi connectivity index (χ4n) is 1.32. The quantitative estimate of drug-likeness (QED) is 0.801. The topological polar surface area (TPSA) is 20.3 Å². The minimum Gasteiger partial charge on any atom is -0.359 e. The van der Waals surface area contributed by atoms with Crippen LogP contribution >= 0.6 is 43.6 Å². The van der Waals surface area contributed by atoms with Crippen molar-refractivity contribution in [1.82, 2.24) is 0 Å². The van der Waals surface area contributed by atoms with Gasteiger partial charge in [0, 0.05) is 11.9 Å². The van der Waals surface area contributed by atoms with Gasteiger partial charge in [-0.15, -0.1) is 11.3 Å². The van der Waals surface area contributed by atoms with Crippen LogP contribution in [0.1, 0.15) is 10.4 Å². The van der Waals surface area contributed by atoms with Gasteiger partial charge in [-0.05, 0) is 34.3 Å². The van der Waals surface area contributed by atoms with Crippen molar-refractivity contribution >= 4 is 48.6 Å². The molecule has 0 N–H and O–H groups in total. The normalized spacial score (nSPS) is 10.7. The molecule has 2 aromatic heterocycles. The van der Waals surface area contributed by atoms with Gasteiger partial charge in [-0.25, -0.2) is 0 Å². The van der Waals surface area contributed by atoms with Crippen LogP contribution < -0.4 is 9.64 Å². The van der Waals surface area contributed by atoms with Crippen molar-refractivity contribution in [2.24, 2.45) is 0 Å². The van der Waals surface area contributed by atoms with Gasteiger partial charge in [0.2, 0.25) is 0 Å². The molecule has 2 heterocycles. The van der Waals surface area contributed by atoms with Crippen molar-refractivity contribution in [2.45, 2.75) is 13.5 Å². The van der Waals surface area contributed by atoms with Crippen molar-refractivity contribution < 1.29 is 0 Å². The minimum absolute atomic E-state index is 0.0450. The second-order valence-electron chi connectivity index (χ2n) is 3.46. The summed E-state index contributed by atoms with van der Waals surface area (Å²) in [6.45, 7) is 2.90. The summed E-state index contributed by atoms with van der Waals surface area (Å²) in [5.74, 6) is 0. The van der Waals surface area contributed by atoms with Crippen LogP contribution in [0.3, 0.4) is 0 Å². The second kappa shape index (κ2) is 4.87. The highest BCUT2D eigenvalue weighted by atomic mass is 35.5. The Bertz CT molecular complexity index is 542. The molecule has 2 rings (SSSR count). The Balaban J connectivity index is 2.21. The number of thiophene rings is 1. The number of aryl methyl sites for hydroxylation is 1. The first-order chi connectivity index (χ1) is 7.59. The SMILES string of the molecule is Cc1ccsc1CN(C)c1ssc(=O)c1Cl. The average Bonchev–Trinajstić information content (AvgIpc) is 2.77. The molecule has 0 radical (unpaired) electrons. The molecular formula is C10H10ClNOS3. The molecule has 6 heteroatoms. The Kier molecular flexibility index (Phi) is 3.69. The zero-order chi connectivity index (χ0) is 11.7. The second-order valence-corrected chi connectivity index (χ2v) is 6.93. The highest BCUT2D eigenvalue weighted by molar-refractivity contribution is 7.70. The van der Waals surface area contributed by atoms with Crippen molar-refractivity contribution in [3.8, 4) is 0 Å². The van der Waals surface area contributed by atoms with E-state index in [-0.39, 0.29) is 4.74 Å². The van der Waals surface area contributed by atoms with Crippen molar-refractivity contribution in [3.05, 3.63) is 36.4 Å². The van der Waals surface area contributed by atoms with E-state index in [0.717, 1.165) is 11.5 Å². The molecule has 2 nitrogen and oxygen atoms in total. The van der Waals surface area contributed by atoms with E-state index in [9.17, 15) is 4.79 Å². The van der Waals surface area contributed by atoms with E-state index in [2.05, 4.69) is 18.4 Å². The van der Waals surface area contributed by atoms with Gasteiger partial charge in [0.05, 0.1) is 6.54 Å². The number of hydrogen-bond acceptors (Lipinski definition) is 5. The molecule has 0 fully saturated rings. The molecule has 0 aliphatic rings. The van der Waals surface area contributed by atoms with Crippen molar-refractivity contribution in [1.29, 1.82) is 0 Å². The molecule has 0 unspecified atom stereocenters. The summed E-state index contributed by atoms with van der Waals surface area (Å²) in [5.41, 5.74) is 1.29. The van der Waals surface area contributed by atoms with Gasteiger partial charge < -0.3 is 4.90 Å². The molecule has 0 saturated heterocycles. The van der Waals surface area contributed by atoms with Gasteiger partial charge in [0.15, 0.2) is 0 Å². The Hall–Kier alpha value is -0.360. The van der Waals surface area contributed by atoms with Crippen LogP contribution in [0.2, 0.25) is 5.02 Å². The van der Waals surface area contributed by atoms with Crippen LogP contribution in [0.25, 0.3) is 0 Å². The monoisotopic (exact) mass is 291 g/mol. The van der Waals surface area contributed by atoms with E-state index in [1.165, 1.54) is 31.1 Å². The highest BCUT2D eigenvalue weighted by Gasteiger charge is 2.14. The van der Waals surface area contributed by atoms with E-state index in [4.69, 9.17) is 11.6 Å². The standard InChI is InChI=1S/C10H10ClNOS3/c1-6-3-4-14-7(6)5-12(2)9-8(11)10(13)16-15-9/h3-4H,5H2,1-2H3. The van der Waals surface area contributed by atoms with Gasteiger partial charge in [0.1, 0.15) is 10.0 Å². The number of nitrogens with zero attached hydrogens (tertiary/aromatic N) is 1. The molecule has 0 aromatic carbocycles. The molecule has 0 bridgehead atoms. The third-order valence-corrected chi connectivity index (χ3v) is 6.13. The fourth-order valence-corrected chi connectivity index (χ4v) is 5.02. The van der Waals surface area contributed by atoms with Gasteiger partial charge >= 0.3 is 0 Å². The van der Waals surface area contributed by atoms with Crippen LogP contribution in [0.15, 0.2) is 16.2 Å². The lowest BCUT2D eigenvalue weighted by molar-refractivity contribution is 0.945. The van der Waals surface area contributed by atoms with E-state index in [1.54, 1.807) is 11.3 Å². The van der Waals surface area contributed by atoms with Crippen LogP contribution in [0, 0.1) is 6.92 Å². The van der Waals surface area contributed by atoms with Crippen molar-refractivity contribution in [3.63, 3.8) is 0 Å². The highest BCUT2D eigenvalue weighted by Crippen LogP contribution is 2.32. The minimum atomic E-state index is -0.0450. The van der Waals surface area contributed by atoms with Gasteiger partial charge in [-0.3, -0.25) is 4.79 Å². The van der Waals surface area contributed by atoms with Gasteiger partial charge in [0.25, 0.3) is 4.74 Å². The molecule has 2 aromatic rings. The first kappa shape index (κ1) is 12.1.